The maximum absolute atomic E-state index is 3.87. The number of aryl methyl sites for hydroxylation is 1. The standard InChI is InChI=1S/C13H19N/c1-9(2)13-11(5)7-6-8-12(13)14-10(3)4/h6-9,14H,3H2,1-2,4-5H3. The number of nitrogens with one attached hydrogen (secondary N) is 1. The average Bonchev–Trinajstić information content (AvgIpc) is 2.01. The number of hydrogen-bond donors (Lipinski definition) is 1. The lowest BCUT2D eigenvalue weighted by Crippen LogP contribution is -2.02. The molecule has 0 aliphatic heterocycles. The Bertz CT molecular complexity index is 337. The molecule has 0 saturated carbocycles. The van der Waals surface area contributed by atoms with Gasteiger partial charge in [-0.05, 0) is 37.0 Å². The Balaban J connectivity index is 3.14. The smallest absolute Gasteiger partial charge is 0.0419 e. The van der Waals surface area contributed by atoms with E-state index >= 15 is 0 Å². The molecule has 14 heavy (non-hydrogen) atoms. The summed E-state index contributed by atoms with van der Waals surface area (Å²) in [6.07, 6.45) is 0. The lowest BCUT2D eigenvalue weighted by atomic mass is 9.96. The van der Waals surface area contributed by atoms with Crippen molar-refractivity contribution < 1.29 is 0 Å². The van der Waals surface area contributed by atoms with Gasteiger partial charge in [0.2, 0.25) is 0 Å². The van der Waals surface area contributed by atoms with E-state index in [-0.39, 0.29) is 0 Å². The molecule has 0 radical (unpaired) electrons. The predicted octanol–water partition coefficient (Wildman–Crippen LogP) is 4.06. The Labute approximate surface area is 86.8 Å². The van der Waals surface area contributed by atoms with Crippen LogP contribution < -0.4 is 5.32 Å². The normalized spacial score (nSPS) is 10.4. The van der Waals surface area contributed by atoms with E-state index in [0.29, 0.717) is 5.92 Å². The molecule has 1 N–H and O–H groups in total. The molecule has 0 fully saturated rings. The Morgan fingerprint density at radius 3 is 2.50 bits per heavy atom. The molecule has 0 aliphatic carbocycles. The molecule has 1 heteroatoms. The van der Waals surface area contributed by atoms with Crippen LogP contribution in [0.3, 0.4) is 0 Å². The van der Waals surface area contributed by atoms with Gasteiger partial charge >= 0.3 is 0 Å². The van der Waals surface area contributed by atoms with Gasteiger partial charge in [-0.15, -0.1) is 0 Å². The van der Waals surface area contributed by atoms with Crippen molar-refractivity contribution in [2.45, 2.75) is 33.6 Å². The van der Waals surface area contributed by atoms with Crippen molar-refractivity contribution in [1.29, 1.82) is 0 Å². The monoisotopic (exact) mass is 189 g/mol. The van der Waals surface area contributed by atoms with Crippen LogP contribution >= 0.6 is 0 Å². The van der Waals surface area contributed by atoms with E-state index in [1.807, 2.05) is 6.92 Å². The van der Waals surface area contributed by atoms with Gasteiger partial charge < -0.3 is 5.32 Å². The summed E-state index contributed by atoms with van der Waals surface area (Å²) in [5.74, 6) is 0.540. The first-order chi connectivity index (χ1) is 6.52. The van der Waals surface area contributed by atoms with Gasteiger partial charge in [-0.2, -0.15) is 0 Å². The third-order valence-electron chi connectivity index (χ3n) is 2.25. The SMILES string of the molecule is C=C(C)Nc1cccc(C)c1C(C)C. The van der Waals surface area contributed by atoms with Crippen molar-refractivity contribution in [2.24, 2.45) is 0 Å². The summed E-state index contributed by atoms with van der Waals surface area (Å²) in [4.78, 5) is 0. The predicted molar refractivity (Wildman–Crippen MR) is 63.7 cm³/mol. The van der Waals surface area contributed by atoms with Crippen molar-refractivity contribution in [3.8, 4) is 0 Å². The van der Waals surface area contributed by atoms with E-state index < -0.39 is 0 Å². The second-order valence-electron chi connectivity index (χ2n) is 4.10. The van der Waals surface area contributed by atoms with E-state index in [1.165, 1.54) is 16.8 Å². The molecule has 0 heterocycles. The molecule has 0 bridgehead atoms. The lowest BCUT2D eigenvalue weighted by molar-refractivity contribution is 0.858. The zero-order valence-electron chi connectivity index (χ0n) is 9.52. The molecule has 1 nitrogen and oxygen atoms in total. The van der Waals surface area contributed by atoms with Crippen LogP contribution in [0, 0.1) is 6.92 Å². The van der Waals surface area contributed by atoms with Gasteiger partial charge in [0.15, 0.2) is 0 Å². The Hall–Kier alpha value is -1.24. The molecule has 0 spiro atoms. The van der Waals surface area contributed by atoms with E-state index in [2.05, 4.69) is 50.9 Å². The molecule has 1 rings (SSSR count). The summed E-state index contributed by atoms with van der Waals surface area (Å²) < 4.78 is 0. The summed E-state index contributed by atoms with van der Waals surface area (Å²) in [5.41, 5.74) is 4.90. The third-order valence-corrected chi connectivity index (χ3v) is 2.25. The molecule has 76 valence electrons. The Morgan fingerprint density at radius 2 is 2.00 bits per heavy atom. The highest BCUT2D eigenvalue weighted by atomic mass is 14.9. The van der Waals surface area contributed by atoms with Crippen molar-refractivity contribution >= 4 is 5.69 Å². The maximum atomic E-state index is 3.87. The summed E-state index contributed by atoms with van der Waals surface area (Å²) in [6, 6.07) is 6.34. The number of anilines is 1. The zero-order chi connectivity index (χ0) is 10.7. The van der Waals surface area contributed by atoms with E-state index in [0.717, 1.165) is 5.70 Å². The minimum Gasteiger partial charge on any atom is -0.359 e. The van der Waals surface area contributed by atoms with Gasteiger partial charge in [0.1, 0.15) is 0 Å². The first-order valence-electron chi connectivity index (χ1n) is 5.04. The largest absolute Gasteiger partial charge is 0.359 e. The van der Waals surface area contributed by atoms with Gasteiger partial charge in [0.05, 0.1) is 0 Å². The molecule has 0 atom stereocenters. The fourth-order valence-electron chi connectivity index (χ4n) is 1.79. The van der Waals surface area contributed by atoms with Crippen molar-refractivity contribution in [3.63, 3.8) is 0 Å². The van der Waals surface area contributed by atoms with Gasteiger partial charge in [-0.3, -0.25) is 0 Å². The van der Waals surface area contributed by atoms with Crippen molar-refractivity contribution in [3.05, 3.63) is 41.6 Å². The van der Waals surface area contributed by atoms with Crippen molar-refractivity contribution in [1.82, 2.24) is 0 Å². The van der Waals surface area contributed by atoms with Gasteiger partial charge in [-0.1, -0.05) is 32.6 Å². The maximum Gasteiger partial charge on any atom is 0.0419 e. The molecule has 0 aromatic heterocycles. The average molecular weight is 189 g/mol. The summed E-state index contributed by atoms with van der Waals surface area (Å²) in [7, 11) is 0. The lowest BCUT2D eigenvalue weighted by Gasteiger charge is -2.17. The quantitative estimate of drug-likeness (QED) is 0.756. The van der Waals surface area contributed by atoms with Crippen LogP contribution in [0.4, 0.5) is 5.69 Å². The molecule has 0 amide bonds. The van der Waals surface area contributed by atoms with Crippen LogP contribution in [0.15, 0.2) is 30.5 Å². The first kappa shape index (κ1) is 10.8. The number of allylic oxidation sites excluding steroid dienone is 1. The second-order valence-corrected chi connectivity index (χ2v) is 4.10. The number of rotatable bonds is 3. The highest BCUT2D eigenvalue weighted by Crippen LogP contribution is 2.28. The Morgan fingerprint density at radius 1 is 1.36 bits per heavy atom. The Kier molecular flexibility index (Phi) is 3.34. The molecule has 0 saturated heterocycles. The van der Waals surface area contributed by atoms with E-state index in [4.69, 9.17) is 0 Å². The highest BCUT2D eigenvalue weighted by Gasteiger charge is 2.08. The minimum atomic E-state index is 0.540. The first-order valence-corrected chi connectivity index (χ1v) is 5.04. The highest BCUT2D eigenvalue weighted by molar-refractivity contribution is 5.58. The number of benzene rings is 1. The summed E-state index contributed by atoms with van der Waals surface area (Å²) in [6.45, 7) is 12.4. The fraction of sp³-hybridized carbons (Fsp3) is 0.385. The van der Waals surface area contributed by atoms with E-state index in [1.54, 1.807) is 0 Å². The van der Waals surface area contributed by atoms with Gasteiger partial charge in [-0.25, -0.2) is 0 Å². The van der Waals surface area contributed by atoms with Crippen molar-refractivity contribution in [2.75, 3.05) is 5.32 Å². The van der Waals surface area contributed by atoms with Crippen LogP contribution in [0.5, 0.6) is 0 Å². The molecule has 1 aromatic carbocycles. The summed E-state index contributed by atoms with van der Waals surface area (Å²) >= 11 is 0. The molecular weight excluding hydrogens is 170 g/mol. The van der Waals surface area contributed by atoms with Crippen LogP contribution in [0.25, 0.3) is 0 Å². The van der Waals surface area contributed by atoms with Crippen LogP contribution in [-0.2, 0) is 0 Å². The minimum absolute atomic E-state index is 0.540. The second kappa shape index (κ2) is 4.32. The third kappa shape index (κ3) is 2.38. The molecule has 0 unspecified atom stereocenters. The van der Waals surface area contributed by atoms with Crippen LogP contribution in [0.2, 0.25) is 0 Å². The van der Waals surface area contributed by atoms with E-state index in [9.17, 15) is 0 Å². The van der Waals surface area contributed by atoms with Gasteiger partial charge in [0.25, 0.3) is 0 Å². The van der Waals surface area contributed by atoms with Crippen LogP contribution in [0.1, 0.15) is 37.8 Å². The summed E-state index contributed by atoms with van der Waals surface area (Å²) in [5, 5.41) is 3.30. The molecule has 1 aromatic rings. The fourth-order valence-corrected chi connectivity index (χ4v) is 1.79. The van der Waals surface area contributed by atoms with Crippen LogP contribution in [-0.4, -0.2) is 0 Å². The van der Waals surface area contributed by atoms with Gasteiger partial charge in [0, 0.05) is 11.4 Å². The number of hydrogen-bond acceptors (Lipinski definition) is 1. The molecular formula is C13H19N. The zero-order valence-corrected chi connectivity index (χ0v) is 9.52. The molecule has 0 aliphatic rings. The topological polar surface area (TPSA) is 12.0 Å².